The first-order valence-corrected chi connectivity index (χ1v) is 10.2. The van der Waals surface area contributed by atoms with E-state index in [1.807, 2.05) is 6.92 Å². The van der Waals surface area contributed by atoms with Crippen molar-refractivity contribution < 1.29 is 23.9 Å². The third-order valence-electron chi connectivity index (χ3n) is 5.62. The van der Waals surface area contributed by atoms with Crippen molar-refractivity contribution in [2.75, 3.05) is 18.4 Å². The van der Waals surface area contributed by atoms with Gasteiger partial charge in [0.25, 0.3) is 11.8 Å². The molecule has 0 aromatic heterocycles. The Kier molecular flexibility index (Phi) is 6.50. The standard InChI is InChI=1S/C20H25ClN4O5/c1-10(12-3-5-25(6-4-12)19(28)11(2)30-20(22)29)23-18(27)14-7-13-8-17(26)24-16(13)9-15(14)21/h7,9-12H,3-6,8H2,1-2H3,(H2,22,29)(H,23,27)(H,24,26). The summed E-state index contributed by atoms with van der Waals surface area (Å²) in [6.07, 6.45) is -0.265. The summed E-state index contributed by atoms with van der Waals surface area (Å²) in [6.45, 7) is 4.42. The summed E-state index contributed by atoms with van der Waals surface area (Å²) >= 11 is 6.24. The minimum absolute atomic E-state index is 0.121. The van der Waals surface area contributed by atoms with Gasteiger partial charge in [-0.05, 0) is 50.3 Å². The molecule has 0 spiro atoms. The minimum Gasteiger partial charge on any atom is -0.437 e. The highest BCUT2D eigenvalue weighted by Crippen LogP contribution is 2.30. The molecule has 2 atom stereocenters. The third-order valence-corrected chi connectivity index (χ3v) is 5.93. The van der Waals surface area contributed by atoms with E-state index in [2.05, 4.69) is 10.6 Å². The summed E-state index contributed by atoms with van der Waals surface area (Å²) in [5, 5.41) is 5.97. The Morgan fingerprint density at radius 2 is 1.93 bits per heavy atom. The lowest BCUT2D eigenvalue weighted by molar-refractivity contribution is -0.140. The van der Waals surface area contributed by atoms with Gasteiger partial charge in [-0.1, -0.05) is 11.6 Å². The zero-order chi connectivity index (χ0) is 22.0. The summed E-state index contributed by atoms with van der Waals surface area (Å²) < 4.78 is 4.74. The van der Waals surface area contributed by atoms with Crippen LogP contribution in [0.15, 0.2) is 12.1 Å². The maximum absolute atomic E-state index is 12.7. The van der Waals surface area contributed by atoms with Crippen LogP contribution in [0, 0.1) is 5.92 Å². The molecule has 162 valence electrons. The van der Waals surface area contributed by atoms with E-state index in [0.29, 0.717) is 37.2 Å². The van der Waals surface area contributed by atoms with Crippen molar-refractivity contribution in [3.8, 4) is 0 Å². The fraction of sp³-hybridized carbons (Fsp3) is 0.500. The van der Waals surface area contributed by atoms with E-state index < -0.39 is 12.2 Å². The SMILES string of the molecule is CC(OC(N)=O)C(=O)N1CCC(C(C)NC(=O)c2cc3c(cc2Cl)NC(=O)C3)CC1. The number of piperidine rings is 1. The van der Waals surface area contributed by atoms with Crippen molar-refractivity contribution in [2.45, 2.75) is 45.3 Å². The van der Waals surface area contributed by atoms with Crippen molar-refractivity contribution in [1.29, 1.82) is 0 Å². The van der Waals surface area contributed by atoms with Gasteiger partial charge in [-0.3, -0.25) is 14.4 Å². The molecule has 1 fully saturated rings. The maximum Gasteiger partial charge on any atom is 0.405 e. The summed E-state index contributed by atoms with van der Waals surface area (Å²) in [5.41, 5.74) is 6.69. The van der Waals surface area contributed by atoms with Crippen LogP contribution in [0.3, 0.4) is 0 Å². The van der Waals surface area contributed by atoms with Crippen LogP contribution in [0.1, 0.15) is 42.6 Å². The number of amides is 4. The number of nitrogens with zero attached hydrogens (tertiary/aromatic N) is 1. The number of benzene rings is 1. The molecule has 4 amide bonds. The van der Waals surface area contributed by atoms with Gasteiger partial charge < -0.3 is 26.0 Å². The van der Waals surface area contributed by atoms with Crippen LogP contribution < -0.4 is 16.4 Å². The third kappa shape index (κ3) is 4.84. The highest BCUT2D eigenvalue weighted by atomic mass is 35.5. The molecule has 1 aromatic rings. The summed E-state index contributed by atoms with van der Waals surface area (Å²) in [7, 11) is 0. The molecule has 1 aromatic carbocycles. The van der Waals surface area contributed by atoms with Gasteiger partial charge in [0.1, 0.15) is 0 Å². The number of anilines is 1. The first-order chi connectivity index (χ1) is 14.2. The minimum atomic E-state index is -0.979. The molecule has 2 aliphatic heterocycles. The normalized spacial score (nSPS) is 18.2. The second-order valence-corrected chi connectivity index (χ2v) is 8.13. The van der Waals surface area contributed by atoms with Crippen LogP contribution in [0.5, 0.6) is 0 Å². The predicted octanol–water partition coefficient (Wildman–Crippen LogP) is 1.68. The molecule has 9 nitrogen and oxygen atoms in total. The van der Waals surface area contributed by atoms with E-state index in [-0.39, 0.29) is 41.1 Å². The Bertz CT molecular complexity index is 882. The van der Waals surface area contributed by atoms with Crippen LogP contribution in [0.25, 0.3) is 0 Å². The van der Waals surface area contributed by atoms with Crippen molar-refractivity contribution in [3.63, 3.8) is 0 Å². The van der Waals surface area contributed by atoms with E-state index in [4.69, 9.17) is 22.1 Å². The smallest absolute Gasteiger partial charge is 0.405 e. The Hall–Kier alpha value is -2.81. The average Bonchev–Trinajstić information content (AvgIpc) is 3.04. The Labute approximate surface area is 179 Å². The second kappa shape index (κ2) is 8.91. The van der Waals surface area contributed by atoms with Gasteiger partial charge in [-0.15, -0.1) is 0 Å². The van der Waals surface area contributed by atoms with Crippen LogP contribution >= 0.6 is 11.6 Å². The van der Waals surface area contributed by atoms with Crippen molar-refractivity contribution in [1.82, 2.24) is 10.2 Å². The molecule has 2 heterocycles. The number of carbonyl (C=O) groups excluding carboxylic acids is 4. The molecule has 2 aliphatic rings. The Balaban J connectivity index is 1.55. The molecule has 0 saturated carbocycles. The maximum atomic E-state index is 12.7. The topological polar surface area (TPSA) is 131 Å². The van der Waals surface area contributed by atoms with Crippen LogP contribution in [0.4, 0.5) is 10.5 Å². The number of hydrogen-bond donors (Lipinski definition) is 3. The highest BCUT2D eigenvalue weighted by Gasteiger charge is 2.31. The lowest BCUT2D eigenvalue weighted by Crippen LogP contribution is -2.48. The fourth-order valence-electron chi connectivity index (χ4n) is 3.93. The summed E-state index contributed by atoms with van der Waals surface area (Å²) in [4.78, 5) is 49.0. The molecule has 3 rings (SSSR count). The van der Waals surface area contributed by atoms with E-state index >= 15 is 0 Å². The highest BCUT2D eigenvalue weighted by molar-refractivity contribution is 6.34. The lowest BCUT2D eigenvalue weighted by Gasteiger charge is -2.36. The molecule has 2 unspecified atom stereocenters. The van der Waals surface area contributed by atoms with Gasteiger partial charge in [-0.25, -0.2) is 4.79 Å². The number of fused-ring (bicyclic) bond motifs is 1. The zero-order valence-electron chi connectivity index (χ0n) is 16.9. The second-order valence-electron chi connectivity index (χ2n) is 7.72. The quantitative estimate of drug-likeness (QED) is 0.646. The van der Waals surface area contributed by atoms with E-state index in [1.54, 1.807) is 17.0 Å². The van der Waals surface area contributed by atoms with Gasteiger partial charge in [0.2, 0.25) is 5.91 Å². The molecule has 0 bridgehead atoms. The van der Waals surface area contributed by atoms with Gasteiger partial charge in [-0.2, -0.15) is 0 Å². The Morgan fingerprint density at radius 3 is 2.57 bits per heavy atom. The molecule has 0 aliphatic carbocycles. The number of rotatable bonds is 5. The molecule has 1 saturated heterocycles. The molecule has 30 heavy (non-hydrogen) atoms. The molecule has 0 radical (unpaired) electrons. The number of primary amides is 1. The van der Waals surface area contributed by atoms with E-state index in [9.17, 15) is 19.2 Å². The number of likely N-dealkylation sites (tertiary alicyclic amines) is 1. The number of ether oxygens (including phenoxy) is 1. The van der Waals surface area contributed by atoms with Crippen molar-refractivity contribution in [2.24, 2.45) is 11.7 Å². The van der Waals surface area contributed by atoms with Crippen LogP contribution in [0.2, 0.25) is 5.02 Å². The monoisotopic (exact) mass is 436 g/mol. The summed E-state index contributed by atoms with van der Waals surface area (Å²) in [6, 6.07) is 3.12. The molecular weight excluding hydrogens is 412 g/mol. The Morgan fingerprint density at radius 1 is 1.27 bits per heavy atom. The summed E-state index contributed by atoms with van der Waals surface area (Å²) in [5.74, 6) is -0.515. The van der Waals surface area contributed by atoms with Crippen LogP contribution in [-0.4, -0.2) is 54.0 Å². The zero-order valence-corrected chi connectivity index (χ0v) is 17.6. The van der Waals surface area contributed by atoms with Crippen molar-refractivity contribution >= 4 is 41.1 Å². The number of hydrogen-bond acceptors (Lipinski definition) is 5. The van der Waals surface area contributed by atoms with E-state index in [1.165, 1.54) is 6.92 Å². The number of halogens is 1. The molecule has 4 N–H and O–H groups in total. The van der Waals surface area contributed by atoms with Gasteiger partial charge in [0.05, 0.1) is 17.0 Å². The van der Waals surface area contributed by atoms with Gasteiger partial charge in [0, 0.05) is 24.8 Å². The molecule has 10 heteroatoms. The van der Waals surface area contributed by atoms with Crippen molar-refractivity contribution in [3.05, 3.63) is 28.3 Å². The van der Waals surface area contributed by atoms with Gasteiger partial charge >= 0.3 is 6.09 Å². The number of nitrogens with two attached hydrogens (primary N) is 1. The lowest BCUT2D eigenvalue weighted by atomic mass is 9.90. The average molecular weight is 437 g/mol. The first kappa shape index (κ1) is 21.9. The number of nitrogens with one attached hydrogen (secondary N) is 2. The first-order valence-electron chi connectivity index (χ1n) is 9.83. The predicted molar refractivity (Wildman–Crippen MR) is 110 cm³/mol. The van der Waals surface area contributed by atoms with Crippen LogP contribution in [-0.2, 0) is 20.7 Å². The van der Waals surface area contributed by atoms with E-state index in [0.717, 1.165) is 5.56 Å². The fourth-order valence-corrected chi connectivity index (χ4v) is 4.18. The number of carbonyl (C=O) groups is 4. The largest absolute Gasteiger partial charge is 0.437 e. The molecular formula is C20H25ClN4O5. The van der Waals surface area contributed by atoms with Gasteiger partial charge in [0.15, 0.2) is 6.10 Å².